The molecule has 0 bridgehead atoms. The average Bonchev–Trinajstić information content (AvgIpc) is 3.20. The van der Waals surface area contributed by atoms with Crippen molar-refractivity contribution in [1.82, 2.24) is 15.2 Å². The number of aromatic nitrogens is 1. The number of hydrogen-bond donors (Lipinski definition) is 2. The molecule has 0 saturated heterocycles. The summed E-state index contributed by atoms with van der Waals surface area (Å²) in [5.41, 5.74) is 2.33. The van der Waals surface area contributed by atoms with E-state index < -0.39 is 0 Å². The van der Waals surface area contributed by atoms with E-state index in [0.717, 1.165) is 37.8 Å². The van der Waals surface area contributed by atoms with Crippen LogP contribution in [0.2, 0.25) is 0 Å². The number of hydrogen-bond acceptors (Lipinski definition) is 3. The lowest BCUT2D eigenvalue weighted by atomic mass is 10.1. The number of aliphatic imine (C=N–C) groups is 1. The van der Waals surface area contributed by atoms with Gasteiger partial charge in [-0.25, -0.2) is 4.99 Å². The van der Waals surface area contributed by atoms with Gasteiger partial charge in [-0.3, -0.25) is 0 Å². The molecule has 0 atom stereocenters. The lowest BCUT2D eigenvalue weighted by molar-refractivity contribution is 0.0453. The van der Waals surface area contributed by atoms with Crippen molar-refractivity contribution in [2.24, 2.45) is 4.99 Å². The zero-order chi connectivity index (χ0) is 19.2. The van der Waals surface area contributed by atoms with E-state index >= 15 is 0 Å². The van der Waals surface area contributed by atoms with Gasteiger partial charge in [-0.2, -0.15) is 0 Å². The predicted molar refractivity (Wildman–Crippen MR) is 125 cm³/mol. The molecule has 0 unspecified atom stereocenters. The molecule has 2 aromatic rings. The Morgan fingerprint density at radius 2 is 1.75 bits per heavy atom. The molecule has 0 amide bonds. The summed E-state index contributed by atoms with van der Waals surface area (Å²) in [4.78, 5) is 4.69. The minimum atomic E-state index is 0. The maximum absolute atomic E-state index is 5.64. The highest BCUT2D eigenvalue weighted by atomic mass is 127. The SMILES string of the molecule is CCNC(=NCc1cccc(COCCOCC)c1)NCCn1cccc1.I. The smallest absolute Gasteiger partial charge is 0.191 e. The third-order valence-electron chi connectivity index (χ3n) is 3.93. The number of nitrogens with zero attached hydrogens (tertiary/aromatic N) is 2. The first-order valence-corrected chi connectivity index (χ1v) is 9.68. The van der Waals surface area contributed by atoms with Crippen LogP contribution in [0.25, 0.3) is 0 Å². The fraction of sp³-hybridized carbons (Fsp3) is 0.476. The van der Waals surface area contributed by atoms with Crippen molar-refractivity contribution in [2.75, 3.05) is 32.9 Å². The van der Waals surface area contributed by atoms with Gasteiger partial charge in [-0.1, -0.05) is 24.3 Å². The van der Waals surface area contributed by atoms with E-state index in [1.165, 1.54) is 5.56 Å². The van der Waals surface area contributed by atoms with Gasteiger partial charge in [-0.15, -0.1) is 24.0 Å². The van der Waals surface area contributed by atoms with Crippen LogP contribution < -0.4 is 10.6 Å². The van der Waals surface area contributed by atoms with Crippen molar-refractivity contribution in [3.05, 3.63) is 59.9 Å². The summed E-state index contributed by atoms with van der Waals surface area (Å²) < 4.78 is 13.1. The zero-order valence-electron chi connectivity index (χ0n) is 16.9. The minimum Gasteiger partial charge on any atom is -0.379 e. The van der Waals surface area contributed by atoms with Gasteiger partial charge in [0.15, 0.2) is 5.96 Å². The fourth-order valence-corrected chi connectivity index (χ4v) is 2.60. The number of rotatable bonds is 12. The minimum absolute atomic E-state index is 0. The van der Waals surface area contributed by atoms with Crippen molar-refractivity contribution in [1.29, 1.82) is 0 Å². The van der Waals surface area contributed by atoms with Crippen LogP contribution in [-0.2, 0) is 29.2 Å². The molecule has 1 heterocycles. The normalized spacial score (nSPS) is 11.1. The van der Waals surface area contributed by atoms with Gasteiger partial charge in [0.25, 0.3) is 0 Å². The third-order valence-corrected chi connectivity index (χ3v) is 3.93. The Labute approximate surface area is 185 Å². The van der Waals surface area contributed by atoms with Crippen molar-refractivity contribution < 1.29 is 9.47 Å². The Hall–Kier alpha value is -1.58. The Kier molecular flexibility index (Phi) is 13.4. The van der Waals surface area contributed by atoms with E-state index in [-0.39, 0.29) is 24.0 Å². The number of guanidine groups is 1. The quantitative estimate of drug-likeness (QED) is 0.203. The Morgan fingerprint density at radius 3 is 2.50 bits per heavy atom. The van der Waals surface area contributed by atoms with Crippen molar-refractivity contribution in [3.8, 4) is 0 Å². The van der Waals surface area contributed by atoms with Gasteiger partial charge in [0.05, 0.1) is 26.4 Å². The van der Waals surface area contributed by atoms with E-state index in [1.54, 1.807) is 0 Å². The van der Waals surface area contributed by atoms with Crippen LogP contribution in [0.15, 0.2) is 53.8 Å². The van der Waals surface area contributed by atoms with E-state index in [0.29, 0.717) is 26.4 Å². The molecule has 1 aromatic carbocycles. The standard InChI is InChI=1S/C21H32N4O2.HI/c1-3-22-21(23-10-13-25-11-5-6-12-25)24-17-19-8-7-9-20(16-19)18-27-15-14-26-4-2;/h5-9,11-12,16H,3-4,10,13-15,17-18H2,1-2H3,(H2,22,23,24);1H. The number of halogens is 1. The van der Waals surface area contributed by atoms with Gasteiger partial charge in [0.2, 0.25) is 0 Å². The maximum atomic E-state index is 5.64. The molecule has 0 fully saturated rings. The molecule has 0 aliphatic heterocycles. The van der Waals surface area contributed by atoms with Crippen molar-refractivity contribution in [2.45, 2.75) is 33.5 Å². The fourth-order valence-electron chi connectivity index (χ4n) is 2.60. The Bertz CT molecular complexity index is 662. The first-order valence-electron chi connectivity index (χ1n) is 9.68. The molecule has 0 spiro atoms. The summed E-state index contributed by atoms with van der Waals surface area (Å²) in [6.07, 6.45) is 4.13. The van der Waals surface area contributed by atoms with Gasteiger partial charge in [-0.05, 0) is 37.1 Å². The summed E-state index contributed by atoms with van der Waals surface area (Å²) in [6.45, 7) is 9.84. The second kappa shape index (κ2) is 15.4. The number of nitrogens with one attached hydrogen (secondary N) is 2. The highest BCUT2D eigenvalue weighted by molar-refractivity contribution is 14.0. The zero-order valence-corrected chi connectivity index (χ0v) is 19.2. The Balaban J connectivity index is 0.00000392. The number of benzene rings is 1. The van der Waals surface area contributed by atoms with E-state index in [4.69, 9.17) is 9.47 Å². The van der Waals surface area contributed by atoms with Gasteiger partial charge in [0, 0.05) is 38.6 Å². The topological polar surface area (TPSA) is 59.8 Å². The van der Waals surface area contributed by atoms with E-state index in [1.807, 2.05) is 19.1 Å². The molecule has 0 aliphatic rings. The lowest BCUT2D eigenvalue weighted by Crippen LogP contribution is -2.38. The molecular formula is C21H33IN4O2. The molecule has 7 heteroatoms. The molecule has 0 radical (unpaired) electrons. The van der Waals surface area contributed by atoms with Crippen LogP contribution in [0, 0.1) is 0 Å². The second-order valence-electron chi connectivity index (χ2n) is 6.11. The van der Waals surface area contributed by atoms with Crippen LogP contribution in [0.4, 0.5) is 0 Å². The average molecular weight is 500 g/mol. The van der Waals surface area contributed by atoms with Crippen LogP contribution in [-0.4, -0.2) is 43.4 Å². The molecule has 0 saturated carbocycles. The first kappa shape index (κ1) is 24.5. The van der Waals surface area contributed by atoms with Crippen LogP contribution in [0.1, 0.15) is 25.0 Å². The van der Waals surface area contributed by atoms with Crippen LogP contribution >= 0.6 is 24.0 Å². The largest absolute Gasteiger partial charge is 0.379 e. The molecule has 2 N–H and O–H groups in total. The number of ether oxygens (including phenoxy) is 2. The highest BCUT2D eigenvalue weighted by Crippen LogP contribution is 2.08. The lowest BCUT2D eigenvalue weighted by Gasteiger charge is -2.12. The third kappa shape index (κ3) is 10.1. The molecule has 2 rings (SSSR count). The van der Waals surface area contributed by atoms with E-state index in [2.05, 4.69) is 63.8 Å². The summed E-state index contributed by atoms with van der Waals surface area (Å²) >= 11 is 0. The summed E-state index contributed by atoms with van der Waals surface area (Å²) in [7, 11) is 0. The first-order chi connectivity index (χ1) is 13.3. The van der Waals surface area contributed by atoms with Gasteiger partial charge < -0.3 is 24.7 Å². The summed E-state index contributed by atoms with van der Waals surface area (Å²) in [5, 5.41) is 6.67. The predicted octanol–water partition coefficient (Wildman–Crippen LogP) is 3.41. The van der Waals surface area contributed by atoms with E-state index in [9.17, 15) is 0 Å². The Morgan fingerprint density at radius 1 is 1.00 bits per heavy atom. The summed E-state index contributed by atoms with van der Waals surface area (Å²) in [5.74, 6) is 0.836. The molecular weight excluding hydrogens is 467 g/mol. The molecule has 156 valence electrons. The maximum Gasteiger partial charge on any atom is 0.191 e. The molecule has 6 nitrogen and oxygen atoms in total. The van der Waals surface area contributed by atoms with Crippen LogP contribution in [0.3, 0.4) is 0 Å². The summed E-state index contributed by atoms with van der Waals surface area (Å²) in [6, 6.07) is 12.4. The monoisotopic (exact) mass is 500 g/mol. The molecule has 1 aromatic heterocycles. The van der Waals surface area contributed by atoms with Crippen LogP contribution in [0.5, 0.6) is 0 Å². The van der Waals surface area contributed by atoms with Gasteiger partial charge >= 0.3 is 0 Å². The molecule has 28 heavy (non-hydrogen) atoms. The van der Waals surface area contributed by atoms with Gasteiger partial charge in [0.1, 0.15) is 0 Å². The van der Waals surface area contributed by atoms with Crippen molar-refractivity contribution in [3.63, 3.8) is 0 Å². The second-order valence-corrected chi connectivity index (χ2v) is 6.11. The highest BCUT2D eigenvalue weighted by Gasteiger charge is 2.00. The van der Waals surface area contributed by atoms with Crippen molar-refractivity contribution >= 4 is 29.9 Å². The molecule has 0 aliphatic carbocycles.